The van der Waals surface area contributed by atoms with Crippen LogP contribution in [0.15, 0.2) is 84.9 Å². The van der Waals surface area contributed by atoms with Crippen LogP contribution in [0, 0.1) is 0 Å². The largest absolute Gasteiger partial charge is 0.478 e. The maximum atomic E-state index is 11.3. The van der Waals surface area contributed by atoms with Crippen molar-refractivity contribution in [2.24, 2.45) is 0 Å². The van der Waals surface area contributed by atoms with Crippen LogP contribution in [0.4, 0.5) is 0 Å². The summed E-state index contributed by atoms with van der Waals surface area (Å²) >= 11 is 0. The minimum atomic E-state index is -0.955. The number of carbonyl (C=O) groups is 2. The number of hydrogen-bond donors (Lipinski definition) is 4. The standard InChI is InChI=1S/C36H26N4O4/c41-35(42)23-5-1-21(2-6-23)17-29-31-13-9-25(37-31)19-27-11-15-33(39-27)30(18-22-3-7-24(8-4-22)36(43)44)34-16-12-28(40-34)20-26-10-14-32(29)38-26/h1-16,19-20,37-38H,17-18H2,(H,41,42)(H,43,44). The van der Waals surface area contributed by atoms with Crippen LogP contribution < -0.4 is 0 Å². The van der Waals surface area contributed by atoms with Gasteiger partial charge in [0.15, 0.2) is 0 Å². The molecule has 0 saturated carbocycles. The van der Waals surface area contributed by atoms with E-state index in [9.17, 15) is 19.8 Å². The Labute approximate surface area is 251 Å². The van der Waals surface area contributed by atoms with Gasteiger partial charge in [-0.05, 0) is 96.1 Å². The quantitative estimate of drug-likeness (QED) is 0.165. The molecule has 214 valence electrons. The minimum Gasteiger partial charge on any atom is -0.478 e. The highest BCUT2D eigenvalue weighted by atomic mass is 16.4. The molecule has 0 spiro atoms. The van der Waals surface area contributed by atoms with Crippen molar-refractivity contribution >= 4 is 58.3 Å². The van der Waals surface area contributed by atoms with Crippen molar-refractivity contribution in [3.05, 3.63) is 141 Å². The molecular formula is C36H26N4O4. The number of aromatic carboxylic acids is 2. The first kappa shape index (κ1) is 26.9. The van der Waals surface area contributed by atoms with E-state index < -0.39 is 11.9 Å². The van der Waals surface area contributed by atoms with Crippen molar-refractivity contribution in [2.45, 2.75) is 12.8 Å². The highest BCUT2D eigenvalue weighted by molar-refractivity contribution is 5.88. The summed E-state index contributed by atoms with van der Waals surface area (Å²) in [4.78, 5) is 39.6. The van der Waals surface area contributed by atoms with Crippen LogP contribution >= 0.6 is 0 Å². The molecule has 2 aliphatic rings. The van der Waals surface area contributed by atoms with Crippen molar-refractivity contribution in [3.63, 3.8) is 0 Å². The molecule has 0 amide bonds. The number of carboxylic acid groups (broad SMARTS) is 2. The molecule has 0 aliphatic carbocycles. The van der Waals surface area contributed by atoms with E-state index in [-0.39, 0.29) is 11.1 Å². The third-order valence-electron chi connectivity index (χ3n) is 7.78. The highest BCUT2D eigenvalue weighted by Gasteiger charge is 2.14. The van der Waals surface area contributed by atoms with Gasteiger partial charge in [0, 0.05) is 46.0 Å². The summed E-state index contributed by atoms with van der Waals surface area (Å²) in [6.45, 7) is 0. The van der Waals surface area contributed by atoms with Gasteiger partial charge in [0.1, 0.15) is 0 Å². The van der Waals surface area contributed by atoms with E-state index in [1.165, 1.54) is 0 Å². The van der Waals surface area contributed by atoms with Crippen molar-refractivity contribution in [1.82, 2.24) is 19.9 Å². The number of hydrogen-bond acceptors (Lipinski definition) is 4. The zero-order chi connectivity index (χ0) is 30.2. The molecule has 0 fully saturated rings. The zero-order valence-electron chi connectivity index (χ0n) is 23.4. The molecule has 5 aromatic rings. The smallest absolute Gasteiger partial charge is 0.335 e. The Hall–Kier alpha value is -6.02. The summed E-state index contributed by atoms with van der Waals surface area (Å²) in [5, 5.41) is 18.6. The summed E-state index contributed by atoms with van der Waals surface area (Å²) in [6, 6.07) is 26.0. The summed E-state index contributed by atoms with van der Waals surface area (Å²) < 4.78 is 0. The second-order valence-corrected chi connectivity index (χ2v) is 10.8. The monoisotopic (exact) mass is 578 g/mol. The Morgan fingerprint density at radius 1 is 0.545 bits per heavy atom. The fourth-order valence-corrected chi connectivity index (χ4v) is 5.50. The number of rotatable bonds is 6. The normalized spacial score (nSPS) is 12.0. The average Bonchev–Trinajstić information content (AvgIpc) is 3.84. The van der Waals surface area contributed by atoms with Crippen molar-refractivity contribution in [3.8, 4) is 0 Å². The molecule has 44 heavy (non-hydrogen) atoms. The molecule has 0 radical (unpaired) electrons. The lowest BCUT2D eigenvalue weighted by atomic mass is 10.0. The van der Waals surface area contributed by atoms with Crippen LogP contribution in [0.3, 0.4) is 0 Å². The third kappa shape index (κ3) is 5.44. The van der Waals surface area contributed by atoms with Gasteiger partial charge in [-0.3, -0.25) is 0 Å². The Balaban J connectivity index is 1.39. The number of nitrogens with zero attached hydrogens (tertiary/aromatic N) is 2. The lowest BCUT2D eigenvalue weighted by Gasteiger charge is -2.05. The van der Waals surface area contributed by atoms with Gasteiger partial charge in [-0.15, -0.1) is 0 Å². The first-order valence-electron chi connectivity index (χ1n) is 14.1. The van der Waals surface area contributed by atoms with Gasteiger partial charge in [-0.1, -0.05) is 24.3 Å². The molecule has 8 heteroatoms. The molecule has 8 bridgehead atoms. The van der Waals surface area contributed by atoms with Gasteiger partial charge in [0.2, 0.25) is 0 Å². The molecule has 0 atom stereocenters. The Bertz CT molecular complexity index is 2070. The van der Waals surface area contributed by atoms with Gasteiger partial charge >= 0.3 is 11.9 Å². The highest BCUT2D eigenvalue weighted by Crippen LogP contribution is 2.26. The molecule has 2 aromatic carbocycles. The van der Waals surface area contributed by atoms with Gasteiger partial charge in [-0.25, -0.2) is 19.6 Å². The molecule has 8 nitrogen and oxygen atoms in total. The number of benzene rings is 2. The van der Waals surface area contributed by atoms with Crippen molar-refractivity contribution in [1.29, 1.82) is 0 Å². The zero-order valence-corrected chi connectivity index (χ0v) is 23.4. The van der Waals surface area contributed by atoms with E-state index in [1.54, 1.807) is 24.3 Å². The first-order valence-corrected chi connectivity index (χ1v) is 14.1. The molecule has 0 saturated heterocycles. The van der Waals surface area contributed by atoms with Crippen LogP contribution in [0.1, 0.15) is 65.7 Å². The lowest BCUT2D eigenvalue weighted by molar-refractivity contribution is 0.0686. The maximum absolute atomic E-state index is 11.3. The average molecular weight is 579 g/mol. The Morgan fingerprint density at radius 2 is 0.977 bits per heavy atom. The topological polar surface area (TPSA) is 132 Å². The number of fused-ring (bicyclic) bond motifs is 8. The van der Waals surface area contributed by atoms with Crippen LogP contribution in [0.5, 0.6) is 0 Å². The molecule has 7 rings (SSSR count). The van der Waals surface area contributed by atoms with Gasteiger partial charge < -0.3 is 20.2 Å². The third-order valence-corrected chi connectivity index (χ3v) is 7.78. The fourth-order valence-electron chi connectivity index (χ4n) is 5.50. The van der Waals surface area contributed by atoms with Crippen LogP contribution in [0.2, 0.25) is 0 Å². The lowest BCUT2D eigenvalue weighted by Crippen LogP contribution is -1.99. The summed E-state index contributed by atoms with van der Waals surface area (Å²) in [7, 11) is 0. The SMILES string of the molecule is O=C(O)c1ccc(Cc2c3nc(cc4ccc([nH]4)c(Cc4ccc(C(=O)O)cc4)c4ccc(cc5nc2C=C5)[nH]4)C=C3)cc1. The molecular weight excluding hydrogens is 552 g/mol. The predicted octanol–water partition coefficient (Wildman–Crippen LogP) is 7.23. The summed E-state index contributed by atoms with van der Waals surface area (Å²) in [5.41, 5.74) is 11.3. The Kier molecular flexibility index (Phi) is 6.71. The van der Waals surface area contributed by atoms with Crippen LogP contribution in [-0.2, 0) is 12.8 Å². The second kappa shape index (κ2) is 11.0. The fraction of sp³-hybridized carbons (Fsp3) is 0.0556. The van der Waals surface area contributed by atoms with E-state index >= 15 is 0 Å². The molecule has 5 heterocycles. The van der Waals surface area contributed by atoms with Gasteiger partial charge in [0.05, 0.1) is 33.9 Å². The Morgan fingerprint density at radius 3 is 1.41 bits per heavy atom. The molecule has 0 unspecified atom stereocenters. The number of H-pyrrole nitrogens is 2. The number of nitrogens with one attached hydrogen (secondary N) is 2. The van der Waals surface area contributed by atoms with E-state index in [0.29, 0.717) is 12.8 Å². The maximum Gasteiger partial charge on any atom is 0.335 e. The number of carboxylic acids is 2. The second-order valence-electron chi connectivity index (χ2n) is 10.8. The minimum absolute atomic E-state index is 0.246. The summed E-state index contributed by atoms with van der Waals surface area (Å²) in [6.07, 6.45) is 9.05. The van der Waals surface area contributed by atoms with Crippen LogP contribution in [0.25, 0.3) is 46.4 Å². The van der Waals surface area contributed by atoms with E-state index in [0.717, 1.165) is 67.1 Å². The first-order chi connectivity index (χ1) is 21.4. The molecule has 3 aromatic heterocycles. The molecule has 4 N–H and O–H groups in total. The van der Waals surface area contributed by atoms with E-state index in [1.807, 2.05) is 85.0 Å². The van der Waals surface area contributed by atoms with Crippen molar-refractivity contribution < 1.29 is 19.8 Å². The van der Waals surface area contributed by atoms with E-state index in [4.69, 9.17) is 9.97 Å². The molecule has 2 aliphatic heterocycles. The van der Waals surface area contributed by atoms with Crippen molar-refractivity contribution in [2.75, 3.05) is 0 Å². The van der Waals surface area contributed by atoms with Gasteiger partial charge in [0.25, 0.3) is 0 Å². The predicted molar refractivity (Wildman–Crippen MR) is 171 cm³/mol. The van der Waals surface area contributed by atoms with Crippen LogP contribution in [-0.4, -0.2) is 42.1 Å². The van der Waals surface area contributed by atoms with E-state index in [2.05, 4.69) is 9.97 Å². The number of aromatic amines is 2. The number of aromatic nitrogens is 4. The van der Waals surface area contributed by atoms with Gasteiger partial charge in [-0.2, -0.15) is 0 Å². The summed E-state index contributed by atoms with van der Waals surface area (Å²) in [5.74, 6) is -1.90.